The number of benzene rings is 1. The Kier molecular flexibility index (Phi) is 5.24. The molecule has 6 heteroatoms. The minimum Gasteiger partial charge on any atom is -0.487 e. The van der Waals surface area contributed by atoms with Crippen molar-refractivity contribution in [1.82, 2.24) is 4.90 Å². The van der Waals surface area contributed by atoms with Crippen molar-refractivity contribution in [1.29, 1.82) is 0 Å². The number of nitrogens with zero attached hydrogens (tertiary/aromatic N) is 2. The second-order valence-electron chi connectivity index (χ2n) is 3.91. The molecule has 0 aromatic heterocycles. The fourth-order valence-corrected chi connectivity index (χ4v) is 1.53. The van der Waals surface area contributed by atoms with Crippen LogP contribution in [0.4, 0.5) is 5.69 Å². The average Bonchev–Trinajstić information content (AvgIpc) is 2.25. The second-order valence-corrected chi connectivity index (χ2v) is 4.43. The zero-order valence-electron chi connectivity index (χ0n) is 9.92. The van der Waals surface area contributed by atoms with Gasteiger partial charge in [0.05, 0.1) is 11.5 Å². The van der Waals surface area contributed by atoms with Crippen molar-refractivity contribution in [2.75, 3.05) is 27.2 Å². The molecule has 0 heterocycles. The van der Waals surface area contributed by atoms with E-state index < -0.39 is 4.92 Å². The minimum atomic E-state index is -0.457. The SMILES string of the molecule is CN(C)CCCOc1ccc(S)cc1[N+](=O)[O-]. The number of nitro benzene ring substituents is 1. The molecule has 0 aliphatic heterocycles. The van der Waals surface area contributed by atoms with Crippen LogP contribution in [-0.4, -0.2) is 37.1 Å². The van der Waals surface area contributed by atoms with Gasteiger partial charge in [0.2, 0.25) is 0 Å². The van der Waals surface area contributed by atoms with Crippen LogP contribution < -0.4 is 4.74 Å². The van der Waals surface area contributed by atoms with Crippen molar-refractivity contribution in [3.05, 3.63) is 28.3 Å². The number of rotatable bonds is 6. The molecule has 0 aliphatic rings. The van der Waals surface area contributed by atoms with Gasteiger partial charge in [-0.25, -0.2) is 0 Å². The van der Waals surface area contributed by atoms with Crippen LogP contribution >= 0.6 is 12.6 Å². The molecule has 17 heavy (non-hydrogen) atoms. The van der Waals surface area contributed by atoms with E-state index in [0.717, 1.165) is 13.0 Å². The topological polar surface area (TPSA) is 55.6 Å². The van der Waals surface area contributed by atoms with Crippen LogP contribution in [0.5, 0.6) is 5.75 Å². The summed E-state index contributed by atoms with van der Waals surface area (Å²) >= 11 is 4.07. The molecule has 0 aliphatic carbocycles. The predicted octanol–water partition coefficient (Wildman–Crippen LogP) is 2.21. The van der Waals surface area contributed by atoms with Gasteiger partial charge in [0, 0.05) is 17.5 Å². The molecule has 0 amide bonds. The van der Waals surface area contributed by atoms with Gasteiger partial charge < -0.3 is 9.64 Å². The molecule has 0 radical (unpaired) electrons. The number of hydrogen-bond donors (Lipinski definition) is 1. The maximum atomic E-state index is 10.8. The second kappa shape index (κ2) is 6.46. The highest BCUT2D eigenvalue weighted by molar-refractivity contribution is 7.80. The Morgan fingerprint density at radius 3 is 2.76 bits per heavy atom. The number of thiol groups is 1. The lowest BCUT2D eigenvalue weighted by Gasteiger charge is -2.10. The van der Waals surface area contributed by atoms with Gasteiger partial charge in [-0.3, -0.25) is 10.1 Å². The molecule has 1 aromatic rings. The first kappa shape index (κ1) is 13.8. The van der Waals surface area contributed by atoms with E-state index in [1.54, 1.807) is 12.1 Å². The van der Waals surface area contributed by atoms with Crippen LogP contribution in [0, 0.1) is 10.1 Å². The highest BCUT2D eigenvalue weighted by Gasteiger charge is 2.14. The Morgan fingerprint density at radius 1 is 1.47 bits per heavy atom. The molecule has 0 unspecified atom stereocenters. The third-order valence-electron chi connectivity index (χ3n) is 2.15. The highest BCUT2D eigenvalue weighted by atomic mass is 32.1. The maximum Gasteiger partial charge on any atom is 0.312 e. The number of ether oxygens (including phenoxy) is 1. The van der Waals surface area contributed by atoms with Gasteiger partial charge in [-0.1, -0.05) is 0 Å². The van der Waals surface area contributed by atoms with Crippen molar-refractivity contribution in [2.24, 2.45) is 0 Å². The summed E-state index contributed by atoms with van der Waals surface area (Å²) in [6.07, 6.45) is 0.826. The Bertz CT molecular complexity index is 396. The molecule has 0 saturated heterocycles. The van der Waals surface area contributed by atoms with Gasteiger partial charge in [0.25, 0.3) is 0 Å². The molecular weight excluding hydrogens is 240 g/mol. The molecule has 0 saturated carbocycles. The summed E-state index contributed by atoms with van der Waals surface area (Å²) in [6, 6.07) is 4.65. The lowest BCUT2D eigenvalue weighted by molar-refractivity contribution is -0.386. The van der Waals surface area contributed by atoms with E-state index in [0.29, 0.717) is 17.3 Å². The first-order valence-electron chi connectivity index (χ1n) is 5.25. The Hall–Kier alpha value is -1.27. The van der Waals surface area contributed by atoms with Gasteiger partial charge >= 0.3 is 5.69 Å². The normalized spacial score (nSPS) is 10.6. The summed E-state index contributed by atoms with van der Waals surface area (Å²) in [6.45, 7) is 1.35. The molecule has 0 fully saturated rings. The van der Waals surface area contributed by atoms with Crippen molar-refractivity contribution in [3.8, 4) is 5.75 Å². The smallest absolute Gasteiger partial charge is 0.312 e. The molecule has 0 spiro atoms. The Morgan fingerprint density at radius 2 is 2.18 bits per heavy atom. The number of nitro groups is 1. The largest absolute Gasteiger partial charge is 0.487 e. The molecule has 0 atom stereocenters. The van der Waals surface area contributed by atoms with E-state index >= 15 is 0 Å². The first-order chi connectivity index (χ1) is 8.00. The summed E-state index contributed by atoms with van der Waals surface area (Å²) in [5.74, 6) is 0.298. The van der Waals surface area contributed by atoms with Gasteiger partial charge in [0.15, 0.2) is 5.75 Å². The van der Waals surface area contributed by atoms with Crippen LogP contribution in [0.1, 0.15) is 6.42 Å². The van der Waals surface area contributed by atoms with Crippen molar-refractivity contribution < 1.29 is 9.66 Å². The minimum absolute atomic E-state index is 0.0395. The van der Waals surface area contributed by atoms with Gasteiger partial charge in [-0.15, -0.1) is 12.6 Å². The van der Waals surface area contributed by atoms with E-state index in [2.05, 4.69) is 12.6 Å². The van der Waals surface area contributed by atoms with E-state index in [4.69, 9.17) is 4.74 Å². The fourth-order valence-electron chi connectivity index (χ4n) is 1.33. The quantitative estimate of drug-likeness (QED) is 0.367. The maximum absolute atomic E-state index is 10.8. The standard InChI is InChI=1S/C11H16N2O3S/c1-12(2)6-3-7-16-11-5-4-9(17)8-10(11)13(14)15/h4-5,8,17H,3,6-7H2,1-2H3. The number of hydrogen-bond acceptors (Lipinski definition) is 5. The molecule has 0 bridgehead atoms. The summed E-state index contributed by atoms with van der Waals surface area (Å²) in [4.78, 5) is 12.9. The van der Waals surface area contributed by atoms with E-state index in [1.165, 1.54) is 6.07 Å². The highest BCUT2D eigenvalue weighted by Crippen LogP contribution is 2.29. The van der Waals surface area contributed by atoms with E-state index in [1.807, 2.05) is 19.0 Å². The summed E-state index contributed by atoms with van der Waals surface area (Å²) < 4.78 is 5.40. The third kappa shape index (κ3) is 4.62. The van der Waals surface area contributed by atoms with E-state index in [-0.39, 0.29) is 5.69 Å². The van der Waals surface area contributed by atoms with Gasteiger partial charge in [0.1, 0.15) is 0 Å². The van der Waals surface area contributed by atoms with Crippen LogP contribution in [-0.2, 0) is 0 Å². The van der Waals surface area contributed by atoms with Crippen LogP contribution in [0.15, 0.2) is 23.1 Å². The average molecular weight is 256 g/mol. The van der Waals surface area contributed by atoms with Gasteiger partial charge in [-0.2, -0.15) is 0 Å². The van der Waals surface area contributed by atoms with Crippen LogP contribution in [0.2, 0.25) is 0 Å². The molecule has 1 rings (SSSR count). The molecule has 0 N–H and O–H groups in total. The van der Waals surface area contributed by atoms with Gasteiger partial charge in [-0.05, 0) is 32.6 Å². The van der Waals surface area contributed by atoms with Crippen molar-refractivity contribution >= 4 is 18.3 Å². The summed E-state index contributed by atoms with van der Waals surface area (Å²) in [5, 5.41) is 10.8. The van der Waals surface area contributed by atoms with Crippen LogP contribution in [0.25, 0.3) is 0 Å². The van der Waals surface area contributed by atoms with Crippen LogP contribution in [0.3, 0.4) is 0 Å². The third-order valence-corrected chi connectivity index (χ3v) is 2.42. The lowest BCUT2D eigenvalue weighted by atomic mass is 10.3. The van der Waals surface area contributed by atoms with Crippen molar-refractivity contribution in [2.45, 2.75) is 11.3 Å². The summed E-state index contributed by atoms with van der Waals surface area (Å²) in [5.41, 5.74) is -0.0395. The van der Waals surface area contributed by atoms with E-state index in [9.17, 15) is 10.1 Å². The molecular formula is C11H16N2O3S. The van der Waals surface area contributed by atoms with Crippen molar-refractivity contribution in [3.63, 3.8) is 0 Å². The Balaban J connectivity index is 2.61. The lowest BCUT2D eigenvalue weighted by Crippen LogP contribution is -2.15. The fraction of sp³-hybridized carbons (Fsp3) is 0.455. The molecule has 5 nitrogen and oxygen atoms in total. The predicted molar refractivity (Wildman–Crippen MR) is 69.0 cm³/mol. The Labute approximate surface area is 106 Å². The molecule has 1 aromatic carbocycles. The zero-order chi connectivity index (χ0) is 12.8. The monoisotopic (exact) mass is 256 g/mol. The first-order valence-corrected chi connectivity index (χ1v) is 5.70. The zero-order valence-corrected chi connectivity index (χ0v) is 10.8. The summed E-state index contributed by atoms with van der Waals surface area (Å²) in [7, 11) is 3.94. The molecule has 94 valence electrons.